The van der Waals surface area contributed by atoms with E-state index in [1.165, 1.54) is 36.7 Å². The van der Waals surface area contributed by atoms with Crippen molar-refractivity contribution in [1.82, 2.24) is 10.1 Å². The van der Waals surface area contributed by atoms with E-state index in [1.54, 1.807) is 12.1 Å². The zero-order valence-corrected chi connectivity index (χ0v) is 11.1. The van der Waals surface area contributed by atoms with Gasteiger partial charge in [-0.25, -0.2) is 0 Å². The number of nitrogen functional groups attached to an aromatic ring is 1. The summed E-state index contributed by atoms with van der Waals surface area (Å²) in [6, 6.07) is 9.27. The highest BCUT2D eigenvalue weighted by Crippen LogP contribution is 2.42. The largest absolute Gasteiger partial charge is 0.453 e. The summed E-state index contributed by atoms with van der Waals surface area (Å²) >= 11 is 0. The van der Waals surface area contributed by atoms with E-state index in [1.807, 2.05) is 0 Å². The number of hydrogen-bond donors (Lipinski definition) is 1. The minimum Gasteiger partial charge on any atom is -0.399 e. The molecule has 4 nitrogen and oxygen atoms in total. The van der Waals surface area contributed by atoms with Crippen LogP contribution >= 0.6 is 0 Å². The fraction of sp³-hybridized carbons (Fsp3) is 0.0667. The van der Waals surface area contributed by atoms with Gasteiger partial charge in [-0.15, -0.1) is 0 Å². The number of anilines is 1. The molecule has 0 spiro atoms. The minimum atomic E-state index is -4.65. The van der Waals surface area contributed by atoms with Gasteiger partial charge < -0.3 is 10.3 Å². The third-order valence-corrected chi connectivity index (χ3v) is 3.08. The van der Waals surface area contributed by atoms with Crippen LogP contribution in [0.15, 0.2) is 53.3 Å². The zero-order valence-electron chi connectivity index (χ0n) is 11.1. The molecular weight excluding hydrogens is 295 g/mol. The number of aromatic nitrogens is 2. The molecule has 7 heteroatoms. The number of pyridine rings is 1. The van der Waals surface area contributed by atoms with Crippen LogP contribution in [0.2, 0.25) is 0 Å². The lowest BCUT2D eigenvalue weighted by Crippen LogP contribution is -2.05. The lowest BCUT2D eigenvalue weighted by molar-refractivity contribution is -0.154. The van der Waals surface area contributed by atoms with Gasteiger partial charge in [-0.3, -0.25) is 4.98 Å². The summed E-state index contributed by atoms with van der Waals surface area (Å²) in [6.07, 6.45) is -1.69. The fourth-order valence-electron chi connectivity index (χ4n) is 2.10. The molecule has 0 atom stereocenters. The van der Waals surface area contributed by atoms with Gasteiger partial charge in [-0.2, -0.15) is 13.2 Å². The Hall–Kier alpha value is -2.83. The number of alkyl halides is 3. The van der Waals surface area contributed by atoms with Gasteiger partial charge >= 0.3 is 6.18 Å². The summed E-state index contributed by atoms with van der Waals surface area (Å²) in [5.41, 5.74) is 6.76. The number of rotatable bonds is 2. The van der Waals surface area contributed by atoms with Crippen molar-refractivity contribution in [2.24, 2.45) is 0 Å². The van der Waals surface area contributed by atoms with Crippen LogP contribution in [0.5, 0.6) is 0 Å². The summed E-state index contributed by atoms with van der Waals surface area (Å²) in [5.74, 6) is -1.14. The van der Waals surface area contributed by atoms with E-state index in [-0.39, 0.29) is 11.3 Å². The van der Waals surface area contributed by atoms with Gasteiger partial charge in [0.25, 0.3) is 0 Å². The van der Waals surface area contributed by atoms with Crippen molar-refractivity contribution in [3.63, 3.8) is 0 Å². The molecule has 0 radical (unpaired) electrons. The van der Waals surface area contributed by atoms with E-state index < -0.39 is 11.9 Å². The third kappa shape index (κ3) is 2.52. The molecular formula is C15H10F3N3O. The Morgan fingerprint density at radius 2 is 1.73 bits per heavy atom. The van der Waals surface area contributed by atoms with Gasteiger partial charge in [-0.1, -0.05) is 17.3 Å². The smallest absolute Gasteiger partial charge is 0.399 e. The molecule has 0 bridgehead atoms. The van der Waals surface area contributed by atoms with Crippen LogP contribution in [0, 0.1) is 0 Å². The minimum absolute atomic E-state index is 0.0881. The first-order chi connectivity index (χ1) is 10.5. The number of nitrogens with two attached hydrogens (primary N) is 1. The van der Waals surface area contributed by atoms with Gasteiger partial charge in [-0.05, 0) is 29.8 Å². The topological polar surface area (TPSA) is 64.9 Å². The molecule has 1 aromatic carbocycles. The molecule has 112 valence electrons. The maximum absolute atomic E-state index is 13.2. The van der Waals surface area contributed by atoms with Crippen molar-refractivity contribution in [1.29, 1.82) is 0 Å². The monoisotopic (exact) mass is 305 g/mol. The van der Waals surface area contributed by atoms with Crippen LogP contribution in [0.3, 0.4) is 0 Å². The fourth-order valence-corrected chi connectivity index (χ4v) is 2.10. The third-order valence-electron chi connectivity index (χ3n) is 3.08. The Kier molecular flexibility index (Phi) is 3.32. The predicted octanol–water partition coefficient (Wildman–Crippen LogP) is 4.00. The second-order valence-electron chi connectivity index (χ2n) is 4.60. The molecule has 0 amide bonds. The molecule has 3 aromatic rings. The number of nitrogens with zero attached hydrogens (tertiary/aromatic N) is 2. The molecule has 0 aliphatic carbocycles. The Labute approximate surface area is 123 Å². The molecule has 0 saturated carbocycles. The number of hydrogen-bond acceptors (Lipinski definition) is 4. The van der Waals surface area contributed by atoms with Gasteiger partial charge in [0.2, 0.25) is 5.76 Å². The van der Waals surface area contributed by atoms with Crippen molar-refractivity contribution in [2.75, 3.05) is 5.73 Å². The highest BCUT2D eigenvalue weighted by atomic mass is 19.4. The molecule has 22 heavy (non-hydrogen) atoms. The van der Waals surface area contributed by atoms with Gasteiger partial charge in [0.15, 0.2) is 0 Å². The molecule has 0 aliphatic heterocycles. The van der Waals surface area contributed by atoms with E-state index in [4.69, 9.17) is 5.73 Å². The van der Waals surface area contributed by atoms with Crippen LogP contribution < -0.4 is 5.73 Å². The highest BCUT2D eigenvalue weighted by molar-refractivity contribution is 5.82. The van der Waals surface area contributed by atoms with Crippen molar-refractivity contribution in [2.45, 2.75) is 6.18 Å². The van der Waals surface area contributed by atoms with E-state index in [0.717, 1.165) is 0 Å². The molecule has 0 saturated heterocycles. The van der Waals surface area contributed by atoms with Gasteiger partial charge in [0.05, 0.1) is 5.56 Å². The average molecular weight is 305 g/mol. The Bertz CT molecular complexity index is 780. The molecule has 2 aromatic heterocycles. The molecule has 3 rings (SSSR count). The summed E-state index contributed by atoms with van der Waals surface area (Å²) in [5, 5.41) is 3.59. The summed E-state index contributed by atoms with van der Waals surface area (Å²) < 4.78 is 44.1. The lowest BCUT2D eigenvalue weighted by Gasteiger charge is -2.07. The summed E-state index contributed by atoms with van der Waals surface area (Å²) in [6.45, 7) is 0. The maximum Gasteiger partial charge on any atom is 0.453 e. The zero-order chi connectivity index (χ0) is 15.7. The maximum atomic E-state index is 13.2. The van der Waals surface area contributed by atoms with Crippen LogP contribution in [0.4, 0.5) is 18.9 Å². The SMILES string of the molecule is Nc1ccc(-c2c(-c3cccnc3)noc2C(F)(F)F)cc1. The highest BCUT2D eigenvalue weighted by Gasteiger charge is 2.41. The Balaban J connectivity index is 2.24. The first kappa shape index (κ1) is 14.1. The number of benzene rings is 1. The second-order valence-corrected chi connectivity index (χ2v) is 4.60. The van der Waals surface area contributed by atoms with Crippen LogP contribution in [-0.2, 0) is 6.18 Å². The van der Waals surface area contributed by atoms with Crippen molar-refractivity contribution in [3.8, 4) is 22.4 Å². The normalized spacial score (nSPS) is 11.6. The first-order valence-corrected chi connectivity index (χ1v) is 6.30. The average Bonchev–Trinajstić information content (AvgIpc) is 2.94. The van der Waals surface area contributed by atoms with E-state index >= 15 is 0 Å². The standard InChI is InChI=1S/C15H10F3N3O/c16-15(17,18)14-12(9-3-5-11(19)6-4-9)13(21-22-14)10-2-1-7-20-8-10/h1-8H,19H2. The molecule has 0 aliphatic rings. The van der Waals surface area contributed by atoms with Crippen LogP contribution in [-0.4, -0.2) is 10.1 Å². The van der Waals surface area contributed by atoms with Gasteiger partial charge in [0.1, 0.15) is 5.69 Å². The van der Waals surface area contributed by atoms with Crippen molar-refractivity contribution >= 4 is 5.69 Å². The van der Waals surface area contributed by atoms with Crippen molar-refractivity contribution < 1.29 is 17.7 Å². The van der Waals surface area contributed by atoms with Crippen molar-refractivity contribution in [3.05, 3.63) is 54.6 Å². The van der Waals surface area contributed by atoms with Crippen LogP contribution in [0.25, 0.3) is 22.4 Å². The number of halogens is 3. The summed E-state index contributed by atoms with van der Waals surface area (Å²) in [4.78, 5) is 3.90. The second kappa shape index (κ2) is 5.18. The van der Waals surface area contributed by atoms with Gasteiger partial charge in [0, 0.05) is 23.6 Å². The first-order valence-electron chi connectivity index (χ1n) is 6.30. The Morgan fingerprint density at radius 3 is 2.32 bits per heavy atom. The molecule has 0 unspecified atom stereocenters. The van der Waals surface area contributed by atoms with E-state index in [0.29, 0.717) is 16.8 Å². The predicted molar refractivity (Wildman–Crippen MR) is 74.6 cm³/mol. The Morgan fingerprint density at radius 1 is 1.00 bits per heavy atom. The van der Waals surface area contributed by atoms with E-state index in [2.05, 4.69) is 14.7 Å². The molecule has 2 heterocycles. The summed E-state index contributed by atoms with van der Waals surface area (Å²) in [7, 11) is 0. The van der Waals surface area contributed by atoms with Crippen LogP contribution in [0.1, 0.15) is 5.76 Å². The lowest BCUT2D eigenvalue weighted by atomic mass is 9.99. The molecule has 0 fully saturated rings. The van der Waals surface area contributed by atoms with E-state index in [9.17, 15) is 13.2 Å². The molecule has 2 N–H and O–H groups in total. The quantitative estimate of drug-likeness (QED) is 0.727.